The number of benzene rings is 2. The van der Waals surface area contributed by atoms with Gasteiger partial charge in [-0.1, -0.05) is 48.5 Å². The van der Waals surface area contributed by atoms with Crippen LogP contribution in [0, 0.1) is 0 Å². The van der Waals surface area contributed by atoms with E-state index < -0.39 is 0 Å². The van der Waals surface area contributed by atoms with Crippen molar-refractivity contribution in [2.24, 2.45) is 0 Å². The number of amides is 1. The maximum atomic E-state index is 12.4. The molecule has 0 saturated carbocycles. The van der Waals surface area contributed by atoms with Crippen LogP contribution in [0.3, 0.4) is 0 Å². The third-order valence-electron chi connectivity index (χ3n) is 3.83. The molecule has 0 bridgehead atoms. The van der Waals surface area contributed by atoms with E-state index >= 15 is 0 Å². The van der Waals surface area contributed by atoms with Crippen molar-refractivity contribution in [3.63, 3.8) is 0 Å². The average molecular weight is 281 g/mol. The fourth-order valence-corrected chi connectivity index (χ4v) is 2.71. The molecule has 1 atom stereocenters. The molecule has 0 fully saturated rings. The first kappa shape index (κ1) is 13.7. The van der Waals surface area contributed by atoms with Crippen molar-refractivity contribution in [3.05, 3.63) is 65.7 Å². The summed E-state index contributed by atoms with van der Waals surface area (Å²) in [6, 6.07) is 18.0. The number of carbonyl (C=O) groups excluding carboxylic acids is 1. The molecule has 2 aromatic rings. The lowest BCUT2D eigenvalue weighted by molar-refractivity contribution is -0.123. The molecule has 21 heavy (non-hydrogen) atoms. The van der Waals surface area contributed by atoms with Gasteiger partial charge < -0.3 is 10.1 Å². The first-order valence-corrected chi connectivity index (χ1v) is 7.38. The molecule has 1 N–H and O–H groups in total. The highest BCUT2D eigenvalue weighted by atomic mass is 16.5. The Hall–Kier alpha value is -2.29. The van der Waals surface area contributed by atoms with Crippen LogP contribution in [0.5, 0.6) is 5.75 Å². The van der Waals surface area contributed by atoms with E-state index in [2.05, 4.69) is 17.4 Å². The normalized spacial score (nSPS) is 16.7. The number of nitrogens with one attached hydrogen (secondary N) is 1. The van der Waals surface area contributed by atoms with Crippen molar-refractivity contribution in [1.82, 2.24) is 5.32 Å². The summed E-state index contributed by atoms with van der Waals surface area (Å²) in [7, 11) is 0. The largest absolute Gasteiger partial charge is 0.493 e. The zero-order chi connectivity index (χ0) is 14.5. The van der Waals surface area contributed by atoms with Gasteiger partial charge in [-0.2, -0.15) is 0 Å². The van der Waals surface area contributed by atoms with Crippen LogP contribution < -0.4 is 10.1 Å². The van der Waals surface area contributed by atoms with Gasteiger partial charge in [0.1, 0.15) is 5.75 Å². The van der Waals surface area contributed by atoms with E-state index in [0.29, 0.717) is 13.2 Å². The summed E-state index contributed by atoms with van der Waals surface area (Å²) in [6.07, 6.45) is 1.60. The summed E-state index contributed by atoms with van der Waals surface area (Å²) in [4.78, 5) is 12.4. The van der Waals surface area contributed by atoms with Gasteiger partial charge in [0.25, 0.3) is 0 Å². The summed E-state index contributed by atoms with van der Waals surface area (Å²) in [5.74, 6) is 0.847. The van der Waals surface area contributed by atoms with Crippen LogP contribution >= 0.6 is 0 Å². The molecule has 108 valence electrons. The first-order chi connectivity index (χ1) is 10.3. The number of hydrogen-bond donors (Lipinski definition) is 1. The van der Waals surface area contributed by atoms with Crippen LogP contribution in [0.15, 0.2) is 54.6 Å². The summed E-state index contributed by atoms with van der Waals surface area (Å²) < 4.78 is 5.60. The minimum atomic E-state index is -0.0919. The molecule has 3 heteroatoms. The Balaban J connectivity index is 1.59. The van der Waals surface area contributed by atoms with Gasteiger partial charge >= 0.3 is 0 Å². The Bertz CT molecular complexity index is 610. The molecule has 3 nitrogen and oxygen atoms in total. The number of fused-ring (bicyclic) bond motifs is 1. The number of carbonyl (C=O) groups is 1. The molecule has 0 saturated heterocycles. The van der Waals surface area contributed by atoms with Gasteiger partial charge in [-0.3, -0.25) is 4.79 Å². The number of hydrogen-bond acceptors (Lipinski definition) is 2. The topological polar surface area (TPSA) is 38.3 Å². The van der Waals surface area contributed by atoms with E-state index in [1.807, 2.05) is 42.5 Å². The van der Waals surface area contributed by atoms with E-state index in [1.54, 1.807) is 0 Å². The van der Waals surface area contributed by atoms with Gasteiger partial charge in [0.2, 0.25) is 5.91 Å². The standard InChI is InChI=1S/C18H19NO2/c20-18(19-12-10-14-6-2-1-3-7-14)16-11-13-21-17-9-5-4-8-15(16)17/h1-9,16H,10-13H2,(H,19,20). The zero-order valence-electron chi connectivity index (χ0n) is 11.9. The monoisotopic (exact) mass is 281 g/mol. The van der Waals surface area contributed by atoms with Crippen molar-refractivity contribution in [2.75, 3.05) is 13.2 Å². The lowest BCUT2D eigenvalue weighted by atomic mass is 9.92. The Labute approximate surface area is 124 Å². The lowest BCUT2D eigenvalue weighted by Gasteiger charge is -2.25. The summed E-state index contributed by atoms with van der Waals surface area (Å²) >= 11 is 0. The fraction of sp³-hybridized carbons (Fsp3) is 0.278. The summed E-state index contributed by atoms with van der Waals surface area (Å²) in [5.41, 5.74) is 2.24. The maximum Gasteiger partial charge on any atom is 0.227 e. The molecule has 1 unspecified atom stereocenters. The SMILES string of the molecule is O=C(NCCc1ccccc1)C1CCOc2ccccc21. The number of para-hydroxylation sites is 1. The highest BCUT2D eigenvalue weighted by Crippen LogP contribution is 2.33. The van der Waals surface area contributed by atoms with Gasteiger partial charge in [0.05, 0.1) is 12.5 Å². The second-order valence-corrected chi connectivity index (χ2v) is 5.25. The van der Waals surface area contributed by atoms with E-state index in [-0.39, 0.29) is 11.8 Å². The molecule has 1 heterocycles. The van der Waals surface area contributed by atoms with Crippen LogP contribution in [0.25, 0.3) is 0 Å². The fourth-order valence-electron chi connectivity index (χ4n) is 2.71. The van der Waals surface area contributed by atoms with Crippen LogP contribution in [0.4, 0.5) is 0 Å². The summed E-state index contributed by atoms with van der Waals surface area (Å²) in [6.45, 7) is 1.27. The van der Waals surface area contributed by atoms with Gasteiger partial charge in [-0.25, -0.2) is 0 Å². The molecule has 0 aromatic heterocycles. The van der Waals surface area contributed by atoms with Gasteiger partial charge in [-0.15, -0.1) is 0 Å². The van der Waals surface area contributed by atoms with Crippen LogP contribution in [0.1, 0.15) is 23.5 Å². The zero-order valence-corrected chi connectivity index (χ0v) is 11.9. The lowest BCUT2D eigenvalue weighted by Crippen LogP contribution is -2.33. The van der Waals surface area contributed by atoms with Gasteiger partial charge in [0.15, 0.2) is 0 Å². The van der Waals surface area contributed by atoms with E-state index in [1.165, 1.54) is 5.56 Å². The van der Waals surface area contributed by atoms with E-state index in [9.17, 15) is 4.79 Å². The van der Waals surface area contributed by atoms with Gasteiger partial charge in [-0.05, 0) is 24.5 Å². The van der Waals surface area contributed by atoms with Crippen molar-refractivity contribution in [3.8, 4) is 5.75 Å². The molecular weight excluding hydrogens is 262 g/mol. The van der Waals surface area contributed by atoms with Crippen molar-refractivity contribution >= 4 is 5.91 Å². The average Bonchev–Trinajstić information content (AvgIpc) is 2.55. The molecule has 1 aliphatic heterocycles. The van der Waals surface area contributed by atoms with E-state index in [0.717, 1.165) is 24.2 Å². The molecule has 3 rings (SSSR count). The minimum Gasteiger partial charge on any atom is -0.493 e. The predicted molar refractivity (Wildman–Crippen MR) is 82.5 cm³/mol. The minimum absolute atomic E-state index is 0.0919. The molecule has 1 amide bonds. The molecule has 1 aliphatic rings. The molecule has 0 spiro atoms. The number of ether oxygens (including phenoxy) is 1. The highest BCUT2D eigenvalue weighted by molar-refractivity contribution is 5.84. The Morgan fingerprint density at radius 2 is 1.86 bits per heavy atom. The Morgan fingerprint density at radius 1 is 1.10 bits per heavy atom. The quantitative estimate of drug-likeness (QED) is 0.935. The molecule has 0 aliphatic carbocycles. The second kappa shape index (κ2) is 6.44. The third-order valence-corrected chi connectivity index (χ3v) is 3.83. The van der Waals surface area contributed by atoms with Crippen molar-refractivity contribution < 1.29 is 9.53 Å². The highest BCUT2D eigenvalue weighted by Gasteiger charge is 2.26. The second-order valence-electron chi connectivity index (χ2n) is 5.25. The van der Waals surface area contributed by atoms with E-state index in [4.69, 9.17) is 4.74 Å². The van der Waals surface area contributed by atoms with Gasteiger partial charge in [0, 0.05) is 12.1 Å². The molecule has 2 aromatic carbocycles. The number of rotatable bonds is 4. The van der Waals surface area contributed by atoms with Crippen LogP contribution in [-0.4, -0.2) is 19.1 Å². The van der Waals surface area contributed by atoms with Crippen molar-refractivity contribution in [1.29, 1.82) is 0 Å². The van der Waals surface area contributed by atoms with Crippen molar-refractivity contribution in [2.45, 2.75) is 18.8 Å². The predicted octanol–water partition coefficient (Wildman–Crippen LogP) is 2.91. The summed E-state index contributed by atoms with van der Waals surface area (Å²) in [5, 5.41) is 3.05. The smallest absolute Gasteiger partial charge is 0.227 e. The Morgan fingerprint density at radius 3 is 2.71 bits per heavy atom. The third kappa shape index (κ3) is 3.24. The maximum absolute atomic E-state index is 12.4. The molecule has 0 radical (unpaired) electrons. The van der Waals surface area contributed by atoms with Crippen LogP contribution in [-0.2, 0) is 11.2 Å². The Kier molecular flexibility index (Phi) is 4.20. The first-order valence-electron chi connectivity index (χ1n) is 7.38. The van der Waals surface area contributed by atoms with Crippen LogP contribution in [0.2, 0.25) is 0 Å². The molecular formula is C18H19NO2.